The fourth-order valence-electron chi connectivity index (χ4n) is 4.88. The van der Waals surface area contributed by atoms with Gasteiger partial charge in [-0.2, -0.15) is 0 Å². The van der Waals surface area contributed by atoms with Crippen molar-refractivity contribution in [2.45, 2.75) is 31.8 Å². The highest BCUT2D eigenvalue weighted by atomic mass is 19.1. The lowest BCUT2D eigenvalue weighted by atomic mass is 10.0. The van der Waals surface area contributed by atoms with Gasteiger partial charge in [0.05, 0.1) is 29.0 Å². The van der Waals surface area contributed by atoms with Crippen molar-refractivity contribution < 1.29 is 8.78 Å². The summed E-state index contributed by atoms with van der Waals surface area (Å²) >= 11 is 0. The first-order valence-electron chi connectivity index (χ1n) is 12.1. The van der Waals surface area contributed by atoms with E-state index in [0.717, 1.165) is 25.9 Å². The summed E-state index contributed by atoms with van der Waals surface area (Å²) < 4.78 is 31.6. The third kappa shape index (κ3) is 4.54. The quantitative estimate of drug-likeness (QED) is 0.410. The summed E-state index contributed by atoms with van der Waals surface area (Å²) in [6, 6.07) is 14.0. The zero-order chi connectivity index (χ0) is 25.2. The molecule has 0 amide bonds. The van der Waals surface area contributed by atoms with Gasteiger partial charge >= 0.3 is 0 Å². The molecule has 0 radical (unpaired) electrons. The standard InChI is InChI=1S/C27H28F2N6O/c1-17(21-5-3-4-6-22(21)29)32-27-31-16-13-23(33-27)25-24(18-7-9-19(28)10-8-18)26(36)34(2)35(25)20-11-14-30-15-12-20/h3-10,13,16-17,20,30H,11-12,14-15H2,1-2H3,(H,31,32,33). The van der Waals surface area contributed by atoms with Gasteiger partial charge in [-0.25, -0.2) is 18.7 Å². The molecule has 1 aliphatic heterocycles. The number of halogens is 2. The number of hydrogen-bond acceptors (Lipinski definition) is 5. The predicted octanol–water partition coefficient (Wildman–Crippen LogP) is 4.69. The van der Waals surface area contributed by atoms with Crippen molar-refractivity contribution in [2.24, 2.45) is 7.05 Å². The molecule has 36 heavy (non-hydrogen) atoms. The highest BCUT2D eigenvalue weighted by Crippen LogP contribution is 2.34. The number of aromatic nitrogens is 4. The molecule has 0 bridgehead atoms. The summed E-state index contributed by atoms with van der Waals surface area (Å²) in [5.74, 6) is -0.359. The van der Waals surface area contributed by atoms with Gasteiger partial charge in [0, 0.05) is 18.8 Å². The van der Waals surface area contributed by atoms with E-state index in [9.17, 15) is 13.6 Å². The zero-order valence-corrected chi connectivity index (χ0v) is 20.2. The van der Waals surface area contributed by atoms with E-state index in [0.29, 0.717) is 34.0 Å². The van der Waals surface area contributed by atoms with Crippen LogP contribution in [0.25, 0.3) is 22.5 Å². The van der Waals surface area contributed by atoms with E-state index in [4.69, 9.17) is 4.98 Å². The molecule has 1 aliphatic rings. The van der Waals surface area contributed by atoms with Gasteiger partial charge in [0.25, 0.3) is 5.56 Å². The summed E-state index contributed by atoms with van der Waals surface area (Å²) in [6.45, 7) is 3.53. The van der Waals surface area contributed by atoms with Crippen molar-refractivity contribution in [1.82, 2.24) is 24.6 Å². The summed E-state index contributed by atoms with van der Waals surface area (Å²) in [5.41, 5.74) is 2.62. The number of piperidine rings is 1. The molecule has 1 unspecified atom stereocenters. The van der Waals surface area contributed by atoms with Crippen molar-refractivity contribution in [1.29, 1.82) is 0 Å². The molecule has 9 heteroatoms. The normalized spacial score (nSPS) is 15.1. The van der Waals surface area contributed by atoms with Gasteiger partial charge in [-0.05, 0) is 62.7 Å². The van der Waals surface area contributed by atoms with Crippen LogP contribution < -0.4 is 16.2 Å². The number of anilines is 1. The monoisotopic (exact) mass is 490 g/mol. The Balaban J connectivity index is 1.62. The van der Waals surface area contributed by atoms with E-state index >= 15 is 0 Å². The number of benzene rings is 2. The van der Waals surface area contributed by atoms with Crippen molar-refractivity contribution in [3.05, 3.63) is 88.3 Å². The lowest BCUT2D eigenvalue weighted by Gasteiger charge is -2.27. The molecule has 1 atom stereocenters. The summed E-state index contributed by atoms with van der Waals surface area (Å²) in [5, 5.41) is 6.54. The van der Waals surface area contributed by atoms with Crippen LogP contribution in [0.15, 0.2) is 65.6 Å². The third-order valence-corrected chi connectivity index (χ3v) is 6.70. The minimum atomic E-state index is -0.375. The SMILES string of the molecule is CC(Nc1nccc(-c2c(-c3ccc(F)cc3)c(=O)n(C)n2C2CCNCC2)n1)c1ccccc1F. The highest BCUT2D eigenvalue weighted by molar-refractivity contribution is 5.79. The smallest absolute Gasteiger partial charge is 0.274 e. The fourth-order valence-corrected chi connectivity index (χ4v) is 4.88. The first-order valence-corrected chi connectivity index (χ1v) is 12.1. The zero-order valence-electron chi connectivity index (χ0n) is 20.2. The van der Waals surface area contributed by atoms with Gasteiger partial charge < -0.3 is 10.6 Å². The molecule has 0 spiro atoms. The number of rotatable bonds is 6. The Morgan fingerprint density at radius 2 is 1.78 bits per heavy atom. The van der Waals surface area contributed by atoms with Gasteiger partial charge in [-0.15, -0.1) is 0 Å². The third-order valence-electron chi connectivity index (χ3n) is 6.70. The Morgan fingerprint density at radius 3 is 2.50 bits per heavy atom. The summed E-state index contributed by atoms with van der Waals surface area (Å²) in [7, 11) is 1.75. The number of hydrogen-bond donors (Lipinski definition) is 2. The minimum Gasteiger partial charge on any atom is -0.348 e. The maximum atomic E-state index is 14.3. The summed E-state index contributed by atoms with van der Waals surface area (Å²) in [6.07, 6.45) is 3.34. The molecule has 4 aromatic rings. The fraction of sp³-hybridized carbons (Fsp3) is 0.296. The maximum Gasteiger partial charge on any atom is 0.274 e. The molecule has 2 N–H and O–H groups in total. The van der Waals surface area contributed by atoms with Crippen LogP contribution in [0.1, 0.15) is 37.4 Å². The van der Waals surface area contributed by atoms with Crippen LogP contribution in [0, 0.1) is 11.6 Å². The van der Waals surface area contributed by atoms with E-state index in [1.807, 2.05) is 11.6 Å². The molecule has 1 saturated heterocycles. The van der Waals surface area contributed by atoms with E-state index < -0.39 is 0 Å². The van der Waals surface area contributed by atoms with Gasteiger partial charge in [-0.1, -0.05) is 30.3 Å². The molecule has 5 rings (SSSR count). The molecule has 7 nitrogen and oxygen atoms in total. The van der Waals surface area contributed by atoms with Crippen molar-refractivity contribution >= 4 is 5.95 Å². The van der Waals surface area contributed by atoms with Gasteiger partial charge in [0.2, 0.25) is 5.95 Å². The van der Waals surface area contributed by atoms with Crippen LogP contribution in [-0.2, 0) is 7.05 Å². The molecule has 186 valence electrons. The Bertz CT molecular complexity index is 1420. The molecular weight excluding hydrogens is 462 g/mol. The van der Waals surface area contributed by atoms with Crippen molar-refractivity contribution in [2.75, 3.05) is 18.4 Å². The average molecular weight is 491 g/mol. The van der Waals surface area contributed by atoms with Crippen LogP contribution in [-0.4, -0.2) is 32.4 Å². The van der Waals surface area contributed by atoms with Crippen molar-refractivity contribution in [3.8, 4) is 22.5 Å². The number of nitrogens with zero attached hydrogens (tertiary/aromatic N) is 4. The Hall–Kier alpha value is -3.85. The first kappa shape index (κ1) is 23.9. The number of nitrogens with one attached hydrogen (secondary N) is 2. The van der Waals surface area contributed by atoms with Crippen LogP contribution >= 0.6 is 0 Å². The van der Waals surface area contributed by atoms with Crippen LogP contribution in [0.4, 0.5) is 14.7 Å². The molecule has 2 aromatic heterocycles. The van der Waals surface area contributed by atoms with Crippen LogP contribution in [0.2, 0.25) is 0 Å². The molecule has 2 aromatic carbocycles. The van der Waals surface area contributed by atoms with Gasteiger partial charge in [0.15, 0.2) is 0 Å². The van der Waals surface area contributed by atoms with Gasteiger partial charge in [0.1, 0.15) is 11.6 Å². The average Bonchev–Trinajstić information content (AvgIpc) is 3.16. The van der Waals surface area contributed by atoms with E-state index in [2.05, 4.69) is 15.6 Å². The summed E-state index contributed by atoms with van der Waals surface area (Å²) in [4.78, 5) is 22.6. The Labute approximate surface area is 207 Å². The molecule has 0 aliphatic carbocycles. The van der Waals surface area contributed by atoms with Crippen LogP contribution in [0.3, 0.4) is 0 Å². The highest BCUT2D eigenvalue weighted by Gasteiger charge is 2.28. The second-order valence-corrected chi connectivity index (χ2v) is 9.04. The lowest BCUT2D eigenvalue weighted by molar-refractivity contribution is 0.313. The molecule has 3 heterocycles. The molecule has 0 saturated carbocycles. The predicted molar refractivity (Wildman–Crippen MR) is 136 cm³/mol. The van der Waals surface area contributed by atoms with Crippen molar-refractivity contribution in [3.63, 3.8) is 0 Å². The molecular formula is C27H28F2N6O. The second kappa shape index (κ2) is 10.0. The Morgan fingerprint density at radius 1 is 1.06 bits per heavy atom. The van der Waals surface area contributed by atoms with E-state index in [1.165, 1.54) is 18.2 Å². The maximum absolute atomic E-state index is 14.3. The first-order chi connectivity index (χ1) is 17.4. The Kier molecular flexibility index (Phi) is 6.65. The second-order valence-electron chi connectivity index (χ2n) is 9.04. The van der Waals surface area contributed by atoms with E-state index in [-0.39, 0.29) is 29.3 Å². The van der Waals surface area contributed by atoms with Gasteiger partial charge in [-0.3, -0.25) is 14.2 Å². The largest absolute Gasteiger partial charge is 0.348 e. The minimum absolute atomic E-state index is 0.0943. The lowest BCUT2D eigenvalue weighted by Crippen LogP contribution is -2.33. The van der Waals surface area contributed by atoms with Crippen LogP contribution in [0.5, 0.6) is 0 Å². The molecule has 1 fully saturated rings. The topological polar surface area (TPSA) is 76.8 Å². The van der Waals surface area contributed by atoms with E-state index in [1.54, 1.807) is 54.3 Å².